The summed E-state index contributed by atoms with van der Waals surface area (Å²) in [5, 5.41) is 31.1. The van der Waals surface area contributed by atoms with Crippen LogP contribution < -0.4 is 10.4 Å². The number of carbonyl (C=O) groups excluding carboxylic acids is 2. The SMILES string of the molecule is CC(C)=C1CCc2ccc3c(c2)CC#CCC2(CCCc4ccccc4)Oc4ccc5c(CO)c(C(CCO)COCO)c(=O)oc5c4C(OC(=O)CC4CC(c5cccc(Cc6ccccc6)c5)C=CC34)C2OC1=O. The van der Waals surface area contributed by atoms with Gasteiger partial charge in [-0.2, -0.15) is 0 Å². The summed E-state index contributed by atoms with van der Waals surface area (Å²) in [6.07, 6.45) is 6.47. The maximum atomic E-state index is 15.5. The Morgan fingerprint density at radius 2 is 1.62 bits per heavy atom. The number of rotatable bonds is 14. The lowest BCUT2D eigenvalue weighted by molar-refractivity contribution is -0.194. The van der Waals surface area contributed by atoms with Gasteiger partial charge in [-0.3, -0.25) is 4.79 Å². The molecule has 7 unspecified atom stereocenters. The third-order valence-electron chi connectivity index (χ3n) is 16.0. The van der Waals surface area contributed by atoms with Crippen molar-refractivity contribution in [2.24, 2.45) is 5.92 Å². The van der Waals surface area contributed by atoms with E-state index in [4.69, 9.17) is 23.4 Å². The number of hydrogen-bond donors (Lipinski definition) is 3. The van der Waals surface area contributed by atoms with Gasteiger partial charge in [0.05, 0.1) is 25.2 Å². The zero-order valence-electron chi connectivity index (χ0n) is 43.3. The van der Waals surface area contributed by atoms with E-state index in [9.17, 15) is 20.1 Å². The van der Waals surface area contributed by atoms with Gasteiger partial charge in [-0.1, -0.05) is 133 Å². The molecule has 0 saturated carbocycles. The number of aliphatic hydroxyl groups excluding tert-OH is 3. The Balaban J connectivity index is 1.15. The molecule has 76 heavy (non-hydrogen) atoms. The Labute approximate surface area is 444 Å². The molecule has 1 aromatic heterocycles. The van der Waals surface area contributed by atoms with Crippen molar-refractivity contribution in [2.75, 3.05) is 20.0 Å². The fourth-order valence-corrected chi connectivity index (χ4v) is 12.2. The molecule has 6 aromatic rings. The van der Waals surface area contributed by atoms with E-state index in [1.165, 1.54) is 11.1 Å². The van der Waals surface area contributed by atoms with E-state index in [2.05, 4.69) is 103 Å². The summed E-state index contributed by atoms with van der Waals surface area (Å²) in [5.41, 5.74) is 7.50. The quantitative estimate of drug-likeness (QED) is 0.0238. The van der Waals surface area contributed by atoms with E-state index >= 15 is 9.59 Å². The Kier molecular flexibility index (Phi) is 16.2. The predicted molar refractivity (Wildman–Crippen MR) is 290 cm³/mol. The number of ether oxygens (including phenoxy) is 4. The zero-order valence-corrected chi connectivity index (χ0v) is 43.3. The van der Waals surface area contributed by atoms with Gasteiger partial charge in [0.25, 0.3) is 0 Å². The molecule has 11 heteroatoms. The van der Waals surface area contributed by atoms with Crippen molar-refractivity contribution in [3.63, 3.8) is 0 Å². The number of carbonyl (C=O) groups is 2. The van der Waals surface area contributed by atoms with Crippen LogP contribution in [0.5, 0.6) is 5.75 Å². The third-order valence-corrected chi connectivity index (χ3v) is 16.0. The summed E-state index contributed by atoms with van der Waals surface area (Å²) in [6, 6.07) is 39.2. The number of allylic oxidation sites excluding steroid dienone is 3. The molecule has 5 aromatic carbocycles. The lowest BCUT2D eigenvalue weighted by Gasteiger charge is -2.47. The van der Waals surface area contributed by atoms with Crippen LogP contribution in [0.3, 0.4) is 0 Å². The maximum Gasteiger partial charge on any atom is 0.340 e. The van der Waals surface area contributed by atoms with Gasteiger partial charge in [0, 0.05) is 53.7 Å². The first-order chi connectivity index (χ1) is 37.1. The summed E-state index contributed by atoms with van der Waals surface area (Å²) < 4.78 is 32.8. The summed E-state index contributed by atoms with van der Waals surface area (Å²) in [6.45, 7) is 2.13. The molecule has 0 radical (unpaired) electrons. The number of esters is 2. The van der Waals surface area contributed by atoms with Crippen LogP contribution in [0.1, 0.15) is 138 Å². The number of aliphatic hydroxyl groups is 3. The van der Waals surface area contributed by atoms with Crippen molar-refractivity contribution in [1.29, 1.82) is 0 Å². The van der Waals surface area contributed by atoms with Gasteiger partial charge in [-0.05, 0) is 128 Å². The highest BCUT2D eigenvalue weighted by molar-refractivity contribution is 5.90. The minimum Gasteiger partial charge on any atom is -0.482 e. The second-order valence-electron chi connectivity index (χ2n) is 21.1. The number of aryl methyl sites for hydroxylation is 2. The molecule has 0 amide bonds. The van der Waals surface area contributed by atoms with E-state index in [1.807, 2.05) is 38.1 Å². The normalized spacial score (nSPS) is 22.4. The Morgan fingerprint density at radius 1 is 0.829 bits per heavy atom. The van der Waals surface area contributed by atoms with Crippen LogP contribution >= 0.6 is 0 Å². The molecular formula is C65H66O11. The smallest absolute Gasteiger partial charge is 0.340 e. The molecule has 0 spiro atoms. The van der Waals surface area contributed by atoms with Crippen molar-refractivity contribution in [1.82, 2.24) is 0 Å². The number of fused-ring (bicyclic) bond motifs is 9. The first-order valence-electron chi connectivity index (χ1n) is 26.8. The number of hydrogen-bond acceptors (Lipinski definition) is 11. The zero-order chi connectivity index (χ0) is 52.8. The van der Waals surface area contributed by atoms with Crippen LogP contribution in [0, 0.1) is 17.8 Å². The molecule has 11 nitrogen and oxygen atoms in total. The van der Waals surface area contributed by atoms with Crippen molar-refractivity contribution in [3.8, 4) is 17.6 Å². The molecule has 3 aliphatic heterocycles. The van der Waals surface area contributed by atoms with Crippen LogP contribution in [0.4, 0.5) is 0 Å². The van der Waals surface area contributed by atoms with Crippen molar-refractivity contribution in [3.05, 3.63) is 205 Å². The van der Waals surface area contributed by atoms with E-state index in [1.54, 1.807) is 12.1 Å². The van der Waals surface area contributed by atoms with Gasteiger partial charge >= 0.3 is 17.6 Å². The van der Waals surface area contributed by atoms with Gasteiger partial charge in [0.2, 0.25) is 0 Å². The summed E-state index contributed by atoms with van der Waals surface area (Å²) in [4.78, 5) is 45.1. The number of benzene rings is 5. The highest BCUT2D eigenvalue weighted by Crippen LogP contribution is 2.52. The van der Waals surface area contributed by atoms with Gasteiger partial charge in [0.15, 0.2) is 17.8 Å². The molecule has 3 N–H and O–H groups in total. The van der Waals surface area contributed by atoms with Gasteiger partial charge in [-0.25, -0.2) is 9.59 Å². The fourth-order valence-electron chi connectivity index (χ4n) is 12.2. The second-order valence-corrected chi connectivity index (χ2v) is 21.1. The molecule has 5 bridgehead atoms. The molecule has 0 fully saturated rings. The largest absolute Gasteiger partial charge is 0.482 e. The fraction of sp³-hybridized carbons (Fsp3) is 0.369. The summed E-state index contributed by atoms with van der Waals surface area (Å²) in [7, 11) is 0. The van der Waals surface area contributed by atoms with Gasteiger partial charge in [0.1, 0.15) is 18.1 Å². The molecular weight excluding hydrogens is 957 g/mol. The molecule has 0 saturated heterocycles. The van der Waals surface area contributed by atoms with E-state index in [-0.39, 0.29) is 78.3 Å². The molecule has 1 aliphatic carbocycles. The minimum atomic E-state index is -1.38. The monoisotopic (exact) mass is 1020 g/mol. The average Bonchev–Trinajstić information content (AvgIpc) is 3.48. The summed E-state index contributed by atoms with van der Waals surface area (Å²) >= 11 is 0. The van der Waals surface area contributed by atoms with Crippen LogP contribution in [-0.4, -0.2) is 59.0 Å². The van der Waals surface area contributed by atoms with Gasteiger partial charge in [-0.15, -0.1) is 0 Å². The van der Waals surface area contributed by atoms with E-state index < -0.39 is 54.7 Å². The average molecular weight is 1020 g/mol. The molecule has 4 aliphatic rings. The van der Waals surface area contributed by atoms with Crippen molar-refractivity contribution in [2.45, 2.75) is 127 Å². The Bertz CT molecular complexity index is 3270. The van der Waals surface area contributed by atoms with Crippen LogP contribution in [-0.2, 0) is 56.1 Å². The Hall–Kier alpha value is -7.07. The molecule has 4 heterocycles. The lowest BCUT2D eigenvalue weighted by atomic mass is 9.71. The topological polar surface area (TPSA) is 162 Å². The second kappa shape index (κ2) is 23.4. The third kappa shape index (κ3) is 11.1. The molecule has 392 valence electrons. The summed E-state index contributed by atoms with van der Waals surface area (Å²) in [5.74, 6) is 5.04. The minimum absolute atomic E-state index is 0.00000752. The highest BCUT2D eigenvalue weighted by atomic mass is 16.6. The Morgan fingerprint density at radius 3 is 2.38 bits per heavy atom. The molecule has 7 atom stereocenters. The van der Waals surface area contributed by atoms with Crippen molar-refractivity contribution >= 4 is 22.9 Å². The first-order valence-corrected chi connectivity index (χ1v) is 26.8. The molecule has 10 rings (SSSR count). The van der Waals surface area contributed by atoms with Crippen LogP contribution in [0.15, 0.2) is 148 Å². The predicted octanol–water partition coefficient (Wildman–Crippen LogP) is 10.7. The lowest BCUT2D eigenvalue weighted by Crippen LogP contribution is -2.56. The van der Waals surface area contributed by atoms with Gasteiger partial charge < -0.3 is 38.7 Å². The highest BCUT2D eigenvalue weighted by Gasteiger charge is 2.55. The van der Waals surface area contributed by atoms with Crippen LogP contribution in [0.25, 0.3) is 11.0 Å². The van der Waals surface area contributed by atoms with Crippen LogP contribution in [0.2, 0.25) is 0 Å². The van der Waals surface area contributed by atoms with Crippen molar-refractivity contribution < 1.29 is 48.3 Å². The van der Waals surface area contributed by atoms with E-state index in [0.29, 0.717) is 55.9 Å². The maximum absolute atomic E-state index is 15.5. The standard InChI is InChI=1S/C65H66O11/c1-41(2)51-24-21-44-22-25-52-48(34-44)19-9-10-30-65(31-12-18-42-13-5-3-6-14-42)62(75-63(51)70)61(59-56(76-65)28-27-54-55(38-67)58(64(71)74-60(54)59)49(29-32-66)39-72-40-68)73-57(69)37-50-36-47(23-26-53(50)52)46-20-11-17-45(35-46)33-43-15-7-4-8-16-43/h3-8,11,13-17,20,22-23,25-28,34-35,47,49-50,53,61-62,66-68H,12,18-19,21,24,29-33,36-40H2,1-2H3. The first kappa shape index (κ1) is 52.4. The van der Waals surface area contributed by atoms with E-state index in [0.717, 1.165) is 39.8 Å².